The fraction of sp³-hybridized carbons (Fsp3) is 0. The lowest BCUT2D eigenvalue weighted by Gasteiger charge is -2.25. The first-order chi connectivity index (χ1) is 25.7. The number of carbonyl (C=O) groups excluding carboxylic acids is 2. The molecule has 1 aliphatic heterocycles. The van der Waals surface area contributed by atoms with Gasteiger partial charge in [0.05, 0.1) is 0 Å². The van der Waals surface area contributed by atoms with E-state index >= 15 is 0 Å². The number of thiophene rings is 1. The van der Waals surface area contributed by atoms with E-state index in [-0.39, 0.29) is 4.90 Å². The van der Waals surface area contributed by atoms with Crippen LogP contribution in [0.5, 0.6) is 0 Å². The Bertz CT molecular complexity index is 2540. The minimum atomic E-state index is -2.47. The first-order valence-corrected chi connectivity index (χ1v) is 16.8. The van der Waals surface area contributed by atoms with E-state index in [1.807, 2.05) is 84.9 Å². The van der Waals surface area contributed by atoms with Crippen molar-refractivity contribution in [1.82, 2.24) is 0 Å². The Morgan fingerprint density at radius 3 is 1.47 bits per heavy atom. The predicted molar refractivity (Wildman–Crippen MR) is 190 cm³/mol. The maximum absolute atomic E-state index is 14.6. The summed E-state index contributed by atoms with van der Waals surface area (Å²) in [5, 5.41) is 14.8. The first-order valence-electron chi connectivity index (χ1n) is 16.0. The van der Waals surface area contributed by atoms with Gasteiger partial charge < -0.3 is 10.0 Å². The Morgan fingerprint density at radius 2 is 0.962 bits per heavy atom. The van der Waals surface area contributed by atoms with Gasteiger partial charge in [-0.05, 0) is 42.0 Å². The molecule has 0 aliphatic carbocycles. The van der Waals surface area contributed by atoms with Crippen LogP contribution in [0.1, 0.15) is 0 Å². The lowest BCUT2D eigenvalue weighted by atomic mass is 10.0. The van der Waals surface area contributed by atoms with Crippen molar-refractivity contribution >= 4 is 62.4 Å². The van der Waals surface area contributed by atoms with Crippen LogP contribution >= 0.6 is 11.3 Å². The number of para-hydroxylation sites is 2. The van der Waals surface area contributed by atoms with Gasteiger partial charge in [-0.3, -0.25) is 9.59 Å². The largest absolute Gasteiger partial charge is 0.864 e. The third kappa shape index (κ3) is 5.51. The van der Waals surface area contributed by atoms with E-state index in [0.717, 1.165) is 47.7 Å². The van der Waals surface area contributed by atoms with E-state index in [0.29, 0.717) is 5.56 Å². The lowest BCUT2D eigenvalue weighted by molar-refractivity contribution is -0.581. The zero-order valence-corrected chi connectivity index (χ0v) is 27.9. The Morgan fingerprint density at radius 1 is 0.528 bits per heavy atom. The highest BCUT2D eigenvalue weighted by Gasteiger charge is 2.45. The summed E-state index contributed by atoms with van der Waals surface area (Å²) < 4.78 is 71.6. The molecule has 0 saturated heterocycles. The molecule has 0 atom stereocenters. The van der Waals surface area contributed by atoms with E-state index in [1.54, 1.807) is 12.1 Å². The molecule has 5 aromatic carbocycles. The Hall–Kier alpha value is -6.66. The molecule has 6 nitrogen and oxygen atoms in total. The molecule has 2 aromatic heterocycles. The van der Waals surface area contributed by atoms with Crippen molar-refractivity contribution in [3.8, 4) is 20.9 Å². The summed E-state index contributed by atoms with van der Waals surface area (Å²) in [4.78, 5) is 29.6. The Labute approximate surface area is 302 Å². The van der Waals surface area contributed by atoms with Gasteiger partial charge in [-0.15, -0.1) is 11.3 Å². The van der Waals surface area contributed by atoms with E-state index in [9.17, 15) is 36.6 Å². The van der Waals surface area contributed by atoms with Crippen molar-refractivity contribution in [2.45, 2.75) is 0 Å². The van der Waals surface area contributed by atoms with Crippen LogP contribution in [-0.4, -0.2) is 11.8 Å². The number of amides is 2. The average molecular weight is 732 g/mol. The molecule has 7 aromatic rings. The van der Waals surface area contributed by atoms with Gasteiger partial charge in [-0.25, -0.2) is 26.9 Å². The predicted octanol–water partition coefficient (Wildman–Crippen LogP) is 8.79. The molecule has 0 saturated carbocycles. The van der Waals surface area contributed by atoms with Crippen molar-refractivity contribution in [2.24, 2.45) is 0 Å². The van der Waals surface area contributed by atoms with Crippen molar-refractivity contribution in [2.75, 3.05) is 9.80 Å². The Kier molecular flexibility index (Phi) is 8.31. The van der Waals surface area contributed by atoms with Crippen LogP contribution in [0.3, 0.4) is 0 Å². The molecule has 12 heteroatoms. The fourth-order valence-corrected chi connectivity index (χ4v) is 7.62. The van der Waals surface area contributed by atoms with Gasteiger partial charge in [0.2, 0.25) is 5.82 Å². The zero-order valence-electron chi connectivity index (χ0n) is 27.1. The highest BCUT2D eigenvalue weighted by Crippen LogP contribution is 2.45. The smallest absolute Gasteiger partial charge is 0.330 e. The molecule has 0 N–H and O–H groups in total. The average Bonchev–Trinajstić information content (AvgIpc) is 3.68. The SMILES string of the molecule is O=C1C([O-])=C([n+]2ccc(-c3sc(-c4ccc(N(c5ccccc5)c5ccccc5)cc4)c4ccccc34)cc2)C(=O)N1c1c(F)c(F)c(F)c(F)c1F. The number of aromatic nitrogens is 1. The van der Waals surface area contributed by atoms with Gasteiger partial charge in [-0.2, -0.15) is 4.57 Å². The molecule has 0 spiro atoms. The summed E-state index contributed by atoms with van der Waals surface area (Å²) >= 11 is 1.52. The molecule has 0 bridgehead atoms. The van der Waals surface area contributed by atoms with Crippen LogP contribution < -0.4 is 19.5 Å². The van der Waals surface area contributed by atoms with Gasteiger partial charge in [-0.1, -0.05) is 72.8 Å². The summed E-state index contributed by atoms with van der Waals surface area (Å²) in [5.41, 5.74) is 1.96. The standard InChI is InChI=1S/C41H22F5N3O3S/c42-30-31(43)33(45)35(34(46)32(30)44)49-40(51)36(37(50)41(49)52)47-21-19-24(20-22-47)39-29-14-8-7-13-28(29)38(53-39)23-15-17-27(18-16-23)48(25-9-3-1-4-10-25)26-11-5-2-6-12-26/h1-22H. The number of benzene rings is 5. The second-order valence-corrected chi connectivity index (χ2v) is 12.9. The minimum absolute atomic E-state index is 0.335. The molecule has 0 unspecified atom stereocenters. The monoisotopic (exact) mass is 731 g/mol. The van der Waals surface area contributed by atoms with Gasteiger partial charge in [0.15, 0.2) is 35.7 Å². The van der Waals surface area contributed by atoms with Crippen molar-refractivity contribution < 1.29 is 41.2 Å². The lowest BCUT2D eigenvalue weighted by Crippen LogP contribution is -2.40. The number of pyridine rings is 1. The van der Waals surface area contributed by atoms with Crippen LogP contribution in [0.2, 0.25) is 0 Å². The second kappa shape index (κ2) is 13.1. The third-order valence-corrected chi connectivity index (χ3v) is 10.1. The molecule has 0 fully saturated rings. The van der Waals surface area contributed by atoms with Crippen molar-refractivity contribution in [3.05, 3.63) is 169 Å². The number of fused-ring (bicyclic) bond motifs is 1. The molecular formula is C41H22F5N3O3S. The van der Waals surface area contributed by atoms with Crippen molar-refractivity contribution in [1.29, 1.82) is 0 Å². The fourth-order valence-electron chi connectivity index (χ4n) is 6.33. The number of halogens is 5. The van der Waals surface area contributed by atoms with E-state index in [2.05, 4.69) is 29.2 Å². The van der Waals surface area contributed by atoms with Gasteiger partial charge >= 0.3 is 5.91 Å². The highest BCUT2D eigenvalue weighted by molar-refractivity contribution is 7.21. The summed E-state index contributed by atoms with van der Waals surface area (Å²) in [6, 6.07) is 39.2. The number of nitrogens with zero attached hydrogens (tertiary/aromatic N) is 3. The zero-order chi connectivity index (χ0) is 37.0. The molecular weight excluding hydrogens is 710 g/mol. The molecule has 53 heavy (non-hydrogen) atoms. The number of hydrogen-bond donors (Lipinski definition) is 0. The van der Waals surface area contributed by atoms with E-state index in [1.165, 1.54) is 23.7 Å². The van der Waals surface area contributed by atoms with Gasteiger partial charge in [0.1, 0.15) is 5.69 Å². The normalized spacial score (nSPS) is 13.0. The maximum atomic E-state index is 14.6. The second-order valence-electron chi connectivity index (χ2n) is 11.9. The molecule has 260 valence electrons. The maximum Gasteiger partial charge on any atom is 0.330 e. The first kappa shape index (κ1) is 33.5. The summed E-state index contributed by atoms with van der Waals surface area (Å²) in [6.07, 6.45) is 2.61. The highest BCUT2D eigenvalue weighted by atomic mass is 32.1. The molecule has 1 aliphatic rings. The molecule has 3 heterocycles. The van der Waals surface area contributed by atoms with Gasteiger partial charge in [0, 0.05) is 61.0 Å². The Balaban J connectivity index is 1.13. The number of anilines is 4. The van der Waals surface area contributed by atoms with Crippen LogP contribution in [0.25, 0.3) is 37.4 Å². The number of carbonyl (C=O) groups is 2. The van der Waals surface area contributed by atoms with E-state index in [4.69, 9.17) is 0 Å². The summed E-state index contributed by atoms with van der Waals surface area (Å²) in [7, 11) is 0. The van der Waals surface area contributed by atoms with Crippen LogP contribution in [-0.2, 0) is 9.59 Å². The van der Waals surface area contributed by atoms with Crippen LogP contribution in [0.4, 0.5) is 44.7 Å². The van der Waals surface area contributed by atoms with Crippen LogP contribution in [0.15, 0.2) is 139 Å². The minimum Gasteiger partial charge on any atom is -0.864 e. The molecule has 2 amide bonds. The van der Waals surface area contributed by atoms with Gasteiger partial charge in [0.25, 0.3) is 11.6 Å². The number of rotatable bonds is 7. The summed E-state index contributed by atoms with van der Waals surface area (Å²) in [5.74, 6) is -16.8. The summed E-state index contributed by atoms with van der Waals surface area (Å²) in [6.45, 7) is 0. The van der Waals surface area contributed by atoms with E-state index < -0.39 is 58.0 Å². The van der Waals surface area contributed by atoms with Crippen LogP contribution in [0, 0.1) is 29.1 Å². The topological polar surface area (TPSA) is 67.6 Å². The number of imide groups is 1. The molecule has 0 radical (unpaired) electrons. The third-order valence-electron chi connectivity index (χ3n) is 8.82. The quantitative estimate of drug-likeness (QED) is 0.0541. The number of hydrogen-bond acceptors (Lipinski definition) is 5. The molecule has 8 rings (SSSR count). The van der Waals surface area contributed by atoms with Crippen molar-refractivity contribution in [3.63, 3.8) is 0 Å².